The van der Waals surface area contributed by atoms with Crippen molar-refractivity contribution in [3.8, 4) is 0 Å². The first-order chi connectivity index (χ1) is 7.71. The largest absolute Gasteiger partial charge is 0.396 e. The molecule has 0 aliphatic carbocycles. The number of likely N-dealkylation sites (N-methyl/N-ethyl adjacent to an activating group) is 1. The Morgan fingerprint density at radius 3 is 2.75 bits per heavy atom. The average Bonchev–Trinajstić information content (AvgIpc) is 2.34. The molecule has 3 unspecified atom stereocenters. The summed E-state index contributed by atoms with van der Waals surface area (Å²) in [7, 11) is 2.06. The van der Waals surface area contributed by atoms with Crippen molar-refractivity contribution >= 4 is 0 Å². The normalized spacial score (nSPS) is 29.2. The molecule has 0 spiro atoms. The number of nitrogens with zero attached hydrogens (tertiary/aromatic N) is 1. The molecule has 0 aromatic rings. The molecule has 0 amide bonds. The van der Waals surface area contributed by atoms with Gasteiger partial charge < -0.3 is 10.4 Å². The van der Waals surface area contributed by atoms with Crippen molar-refractivity contribution in [2.24, 2.45) is 5.92 Å². The number of hydrogen-bond acceptors (Lipinski definition) is 3. The van der Waals surface area contributed by atoms with Crippen molar-refractivity contribution < 1.29 is 5.11 Å². The fraction of sp³-hybridized carbons (Fsp3) is 1.00. The molecule has 1 saturated heterocycles. The van der Waals surface area contributed by atoms with Gasteiger partial charge in [0.1, 0.15) is 0 Å². The molecule has 2 N–H and O–H groups in total. The number of likely N-dealkylation sites (tertiary alicyclic amines) is 1. The minimum Gasteiger partial charge on any atom is -0.396 e. The molecule has 1 aliphatic rings. The van der Waals surface area contributed by atoms with Crippen molar-refractivity contribution in [3.63, 3.8) is 0 Å². The highest BCUT2D eigenvalue weighted by atomic mass is 16.2. The number of aliphatic hydroxyl groups excluding tert-OH is 1. The molecule has 96 valence electrons. The summed E-state index contributed by atoms with van der Waals surface area (Å²) >= 11 is 0. The highest BCUT2D eigenvalue weighted by Gasteiger charge is 2.27. The van der Waals surface area contributed by atoms with Gasteiger partial charge in [-0.1, -0.05) is 6.92 Å². The summed E-state index contributed by atoms with van der Waals surface area (Å²) in [4.78, 5) is 2.60. The van der Waals surface area contributed by atoms with E-state index in [2.05, 4.69) is 31.1 Å². The van der Waals surface area contributed by atoms with Gasteiger partial charge in [0, 0.05) is 31.8 Å². The van der Waals surface area contributed by atoms with Crippen LogP contribution in [0.25, 0.3) is 0 Å². The summed E-state index contributed by atoms with van der Waals surface area (Å²) in [5.74, 6) is 0.757. The third-order valence-electron chi connectivity index (χ3n) is 3.96. The van der Waals surface area contributed by atoms with Gasteiger partial charge in [-0.05, 0) is 45.6 Å². The van der Waals surface area contributed by atoms with E-state index in [0.717, 1.165) is 12.3 Å². The topological polar surface area (TPSA) is 35.5 Å². The van der Waals surface area contributed by atoms with Crippen LogP contribution in [0.15, 0.2) is 0 Å². The Morgan fingerprint density at radius 2 is 2.19 bits per heavy atom. The highest BCUT2D eigenvalue weighted by Crippen LogP contribution is 2.23. The zero-order valence-electron chi connectivity index (χ0n) is 11.1. The molecule has 3 nitrogen and oxygen atoms in total. The summed E-state index contributed by atoms with van der Waals surface area (Å²) in [5, 5.41) is 12.3. The SMILES string of the molecule is CCC(C)N1CC(CCCO)CC(NC)C1. The lowest BCUT2D eigenvalue weighted by atomic mass is 9.89. The van der Waals surface area contributed by atoms with Crippen molar-refractivity contribution in [3.05, 3.63) is 0 Å². The van der Waals surface area contributed by atoms with Crippen LogP contribution in [0.2, 0.25) is 0 Å². The van der Waals surface area contributed by atoms with Crippen LogP contribution in [0.3, 0.4) is 0 Å². The highest BCUT2D eigenvalue weighted by molar-refractivity contribution is 4.84. The molecule has 16 heavy (non-hydrogen) atoms. The lowest BCUT2D eigenvalue weighted by molar-refractivity contribution is 0.0972. The van der Waals surface area contributed by atoms with Crippen molar-refractivity contribution in [1.29, 1.82) is 0 Å². The Balaban J connectivity index is 2.47. The molecule has 0 saturated carbocycles. The van der Waals surface area contributed by atoms with Gasteiger partial charge in [-0.2, -0.15) is 0 Å². The second-order valence-electron chi connectivity index (χ2n) is 5.16. The van der Waals surface area contributed by atoms with Gasteiger partial charge >= 0.3 is 0 Å². The van der Waals surface area contributed by atoms with Crippen molar-refractivity contribution in [1.82, 2.24) is 10.2 Å². The number of piperidine rings is 1. The molecule has 0 bridgehead atoms. The predicted molar refractivity (Wildman–Crippen MR) is 68.6 cm³/mol. The van der Waals surface area contributed by atoms with E-state index in [4.69, 9.17) is 5.11 Å². The first-order valence-corrected chi connectivity index (χ1v) is 6.73. The van der Waals surface area contributed by atoms with Gasteiger partial charge in [0.15, 0.2) is 0 Å². The third-order valence-corrected chi connectivity index (χ3v) is 3.96. The molecule has 3 atom stereocenters. The fourth-order valence-corrected chi connectivity index (χ4v) is 2.66. The summed E-state index contributed by atoms with van der Waals surface area (Å²) in [5.41, 5.74) is 0. The van der Waals surface area contributed by atoms with Gasteiger partial charge in [-0.25, -0.2) is 0 Å². The Labute approximate surface area is 100 Å². The summed E-state index contributed by atoms with van der Waals surface area (Å²) < 4.78 is 0. The molecule has 1 heterocycles. The predicted octanol–water partition coefficient (Wildman–Crippen LogP) is 1.47. The molecule has 1 aliphatic heterocycles. The van der Waals surface area contributed by atoms with E-state index < -0.39 is 0 Å². The zero-order chi connectivity index (χ0) is 12.0. The number of hydrogen-bond donors (Lipinski definition) is 2. The fourth-order valence-electron chi connectivity index (χ4n) is 2.66. The monoisotopic (exact) mass is 228 g/mol. The van der Waals surface area contributed by atoms with E-state index in [1.165, 1.54) is 32.4 Å². The molecule has 1 rings (SSSR count). The van der Waals surface area contributed by atoms with E-state index >= 15 is 0 Å². The maximum absolute atomic E-state index is 8.91. The summed E-state index contributed by atoms with van der Waals surface area (Å²) in [6, 6.07) is 1.32. The first-order valence-electron chi connectivity index (χ1n) is 6.73. The standard InChI is InChI=1S/C13H28N2O/c1-4-11(2)15-9-12(6-5-7-16)8-13(10-15)14-3/h11-14,16H,4-10H2,1-3H3. The Kier molecular flexibility index (Phi) is 6.32. The Hall–Kier alpha value is -0.120. The summed E-state index contributed by atoms with van der Waals surface area (Å²) in [6.45, 7) is 7.32. The van der Waals surface area contributed by atoms with Gasteiger partial charge in [0.05, 0.1) is 0 Å². The van der Waals surface area contributed by atoms with Crippen LogP contribution in [0.5, 0.6) is 0 Å². The van der Waals surface area contributed by atoms with Crippen LogP contribution >= 0.6 is 0 Å². The molecular weight excluding hydrogens is 200 g/mol. The molecule has 1 fully saturated rings. The number of nitrogens with one attached hydrogen (secondary N) is 1. The number of rotatable bonds is 6. The smallest absolute Gasteiger partial charge is 0.0431 e. The molecule has 0 aromatic heterocycles. The second kappa shape index (κ2) is 7.25. The van der Waals surface area contributed by atoms with Crippen LogP contribution in [0.4, 0.5) is 0 Å². The summed E-state index contributed by atoms with van der Waals surface area (Å²) in [6.07, 6.45) is 4.61. The van der Waals surface area contributed by atoms with Gasteiger partial charge in [-0.15, -0.1) is 0 Å². The van der Waals surface area contributed by atoms with Gasteiger partial charge in [0.2, 0.25) is 0 Å². The molecule has 0 radical (unpaired) electrons. The van der Waals surface area contributed by atoms with E-state index in [-0.39, 0.29) is 0 Å². The van der Waals surface area contributed by atoms with Gasteiger partial charge in [0.25, 0.3) is 0 Å². The lowest BCUT2D eigenvalue weighted by Gasteiger charge is -2.40. The van der Waals surface area contributed by atoms with Crippen molar-refractivity contribution in [2.75, 3.05) is 26.7 Å². The zero-order valence-corrected chi connectivity index (χ0v) is 11.1. The molecule has 3 heteroatoms. The molecule has 0 aromatic carbocycles. The maximum atomic E-state index is 8.91. The van der Waals surface area contributed by atoms with Crippen molar-refractivity contribution in [2.45, 2.75) is 51.6 Å². The minimum absolute atomic E-state index is 0.337. The first kappa shape index (κ1) is 13.9. The average molecular weight is 228 g/mol. The number of aliphatic hydroxyl groups is 1. The van der Waals surface area contributed by atoms with E-state index in [1.54, 1.807) is 0 Å². The quantitative estimate of drug-likeness (QED) is 0.722. The van der Waals surface area contributed by atoms with Crippen LogP contribution < -0.4 is 5.32 Å². The Bertz CT molecular complexity index is 187. The Morgan fingerprint density at radius 1 is 1.44 bits per heavy atom. The lowest BCUT2D eigenvalue weighted by Crippen LogP contribution is -2.51. The van der Waals surface area contributed by atoms with Gasteiger partial charge in [-0.3, -0.25) is 4.90 Å². The third kappa shape index (κ3) is 4.04. The molecular formula is C13H28N2O. The van der Waals surface area contributed by atoms with Crippen LogP contribution in [-0.2, 0) is 0 Å². The van der Waals surface area contributed by atoms with E-state index in [0.29, 0.717) is 18.7 Å². The van der Waals surface area contributed by atoms with E-state index in [1.807, 2.05) is 0 Å². The van der Waals surface area contributed by atoms with Crippen LogP contribution in [0, 0.1) is 5.92 Å². The maximum Gasteiger partial charge on any atom is 0.0431 e. The minimum atomic E-state index is 0.337. The van der Waals surface area contributed by atoms with Crippen LogP contribution in [-0.4, -0.2) is 48.8 Å². The van der Waals surface area contributed by atoms with E-state index in [9.17, 15) is 0 Å². The second-order valence-corrected chi connectivity index (χ2v) is 5.16. The van der Waals surface area contributed by atoms with Crippen LogP contribution in [0.1, 0.15) is 39.5 Å².